The van der Waals surface area contributed by atoms with Crippen molar-refractivity contribution in [2.75, 3.05) is 0 Å². The van der Waals surface area contributed by atoms with Gasteiger partial charge in [-0.15, -0.1) is 0 Å². The third-order valence-electron chi connectivity index (χ3n) is 3.99. The Morgan fingerprint density at radius 2 is 1.84 bits per heavy atom. The molecule has 4 rings (SSSR count). The van der Waals surface area contributed by atoms with Gasteiger partial charge in [0.05, 0.1) is 6.26 Å². The molecule has 2 aromatic carbocycles. The van der Waals surface area contributed by atoms with Crippen molar-refractivity contribution in [3.63, 3.8) is 0 Å². The van der Waals surface area contributed by atoms with Gasteiger partial charge >= 0.3 is 0 Å². The summed E-state index contributed by atoms with van der Waals surface area (Å²) < 4.78 is 5.40. The van der Waals surface area contributed by atoms with E-state index in [1.54, 1.807) is 6.26 Å². The smallest absolute Gasteiger partial charge is 0.133 e. The van der Waals surface area contributed by atoms with E-state index in [2.05, 4.69) is 18.2 Å². The Kier molecular flexibility index (Phi) is 2.42. The molecule has 0 radical (unpaired) electrons. The highest BCUT2D eigenvalue weighted by Crippen LogP contribution is 2.37. The summed E-state index contributed by atoms with van der Waals surface area (Å²) in [5, 5.41) is 2.07. The molecule has 1 heterocycles. The third-order valence-corrected chi connectivity index (χ3v) is 4.35. The molecule has 1 aliphatic carbocycles. The summed E-state index contributed by atoms with van der Waals surface area (Å²) in [5.74, 6) is 0. The standard InChI is InChI=1S/C17H13ClO/c18-16-6-5-13(14-2-1-3-15(14)16)11-4-7-17-12(10-11)8-9-19-17/h4-10H,1-3H2. The maximum Gasteiger partial charge on any atom is 0.133 e. The maximum absolute atomic E-state index is 6.29. The number of furan rings is 1. The third kappa shape index (κ3) is 1.69. The molecule has 3 aromatic rings. The fourth-order valence-electron chi connectivity index (χ4n) is 3.07. The number of fused-ring (bicyclic) bond motifs is 2. The van der Waals surface area contributed by atoms with E-state index in [-0.39, 0.29) is 0 Å². The van der Waals surface area contributed by atoms with Crippen LogP contribution in [0.5, 0.6) is 0 Å². The SMILES string of the molecule is Clc1ccc(-c2ccc3occc3c2)c2c1CCC2. The fourth-order valence-corrected chi connectivity index (χ4v) is 3.34. The van der Waals surface area contributed by atoms with Crippen molar-refractivity contribution in [1.29, 1.82) is 0 Å². The number of hydrogen-bond donors (Lipinski definition) is 0. The average Bonchev–Trinajstić information content (AvgIpc) is 3.07. The normalized spacial score (nSPS) is 13.9. The number of halogens is 1. The van der Waals surface area contributed by atoms with Gasteiger partial charge in [-0.05, 0) is 65.8 Å². The van der Waals surface area contributed by atoms with Gasteiger partial charge in [-0.25, -0.2) is 0 Å². The highest BCUT2D eigenvalue weighted by atomic mass is 35.5. The van der Waals surface area contributed by atoms with Gasteiger partial charge in [0, 0.05) is 10.4 Å². The van der Waals surface area contributed by atoms with Gasteiger partial charge in [-0.2, -0.15) is 0 Å². The van der Waals surface area contributed by atoms with E-state index in [1.807, 2.05) is 18.2 Å². The van der Waals surface area contributed by atoms with E-state index < -0.39 is 0 Å². The van der Waals surface area contributed by atoms with E-state index in [0.717, 1.165) is 28.8 Å². The van der Waals surface area contributed by atoms with Crippen LogP contribution in [-0.2, 0) is 12.8 Å². The zero-order chi connectivity index (χ0) is 12.8. The summed E-state index contributed by atoms with van der Waals surface area (Å²) in [6.07, 6.45) is 5.19. The van der Waals surface area contributed by atoms with E-state index in [4.69, 9.17) is 16.0 Å². The van der Waals surface area contributed by atoms with Gasteiger partial charge in [0.15, 0.2) is 0 Å². The Morgan fingerprint density at radius 1 is 0.947 bits per heavy atom. The van der Waals surface area contributed by atoms with Gasteiger partial charge in [0.25, 0.3) is 0 Å². The lowest BCUT2D eigenvalue weighted by atomic mass is 9.96. The van der Waals surface area contributed by atoms with Crippen LogP contribution in [0.2, 0.25) is 5.02 Å². The molecule has 0 aliphatic heterocycles. The molecular weight excluding hydrogens is 256 g/mol. The number of rotatable bonds is 1. The molecular formula is C17H13ClO. The first kappa shape index (κ1) is 11.1. The number of hydrogen-bond acceptors (Lipinski definition) is 1. The van der Waals surface area contributed by atoms with E-state index in [0.29, 0.717) is 0 Å². The van der Waals surface area contributed by atoms with Gasteiger partial charge in [0.1, 0.15) is 5.58 Å². The Balaban J connectivity index is 1.94. The zero-order valence-electron chi connectivity index (χ0n) is 10.4. The molecule has 0 amide bonds. The summed E-state index contributed by atoms with van der Waals surface area (Å²) in [4.78, 5) is 0. The fraction of sp³-hybridized carbons (Fsp3) is 0.176. The van der Waals surface area contributed by atoms with Gasteiger partial charge in [-0.3, -0.25) is 0 Å². The van der Waals surface area contributed by atoms with Crippen LogP contribution in [0.3, 0.4) is 0 Å². The Bertz CT molecular complexity index is 770. The summed E-state index contributed by atoms with van der Waals surface area (Å²) >= 11 is 6.29. The number of benzene rings is 2. The van der Waals surface area contributed by atoms with Crippen molar-refractivity contribution in [1.82, 2.24) is 0 Å². The second-order valence-electron chi connectivity index (χ2n) is 5.08. The van der Waals surface area contributed by atoms with Gasteiger partial charge < -0.3 is 4.42 Å². The lowest BCUT2D eigenvalue weighted by Gasteiger charge is -2.10. The average molecular weight is 269 g/mol. The van der Waals surface area contributed by atoms with Crippen LogP contribution in [0, 0.1) is 0 Å². The Hall–Kier alpha value is -1.73. The predicted molar refractivity (Wildman–Crippen MR) is 78.7 cm³/mol. The molecule has 0 spiro atoms. The first-order valence-corrected chi connectivity index (χ1v) is 6.98. The van der Waals surface area contributed by atoms with Crippen LogP contribution in [-0.4, -0.2) is 0 Å². The lowest BCUT2D eigenvalue weighted by molar-refractivity contribution is 0.616. The second kappa shape index (κ2) is 4.14. The summed E-state index contributed by atoms with van der Waals surface area (Å²) in [6.45, 7) is 0. The molecule has 2 heteroatoms. The van der Waals surface area contributed by atoms with Crippen molar-refractivity contribution >= 4 is 22.6 Å². The Labute approximate surface area is 116 Å². The van der Waals surface area contributed by atoms with Gasteiger partial charge in [0.2, 0.25) is 0 Å². The zero-order valence-corrected chi connectivity index (χ0v) is 11.2. The first-order chi connectivity index (χ1) is 9.33. The minimum Gasteiger partial charge on any atom is -0.464 e. The minimum atomic E-state index is 0.917. The molecule has 0 N–H and O–H groups in total. The summed E-state index contributed by atoms with van der Waals surface area (Å²) in [6, 6.07) is 12.6. The van der Waals surface area contributed by atoms with E-state index in [1.165, 1.54) is 28.7 Å². The summed E-state index contributed by atoms with van der Waals surface area (Å²) in [5.41, 5.74) is 6.28. The second-order valence-corrected chi connectivity index (χ2v) is 5.49. The van der Waals surface area contributed by atoms with Crippen molar-refractivity contribution in [2.45, 2.75) is 19.3 Å². The van der Waals surface area contributed by atoms with E-state index in [9.17, 15) is 0 Å². The van der Waals surface area contributed by atoms with Crippen molar-refractivity contribution in [3.8, 4) is 11.1 Å². The molecule has 19 heavy (non-hydrogen) atoms. The molecule has 1 aromatic heterocycles. The molecule has 0 saturated heterocycles. The molecule has 1 aliphatic rings. The van der Waals surface area contributed by atoms with Crippen molar-refractivity contribution in [3.05, 3.63) is 58.8 Å². The predicted octanol–water partition coefficient (Wildman–Crippen LogP) is 5.24. The molecule has 0 bridgehead atoms. The topological polar surface area (TPSA) is 13.1 Å². The highest BCUT2D eigenvalue weighted by Gasteiger charge is 2.18. The van der Waals surface area contributed by atoms with Crippen LogP contribution in [0.25, 0.3) is 22.1 Å². The van der Waals surface area contributed by atoms with Crippen molar-refractivity contribution < 1.29 is 4.42 Å². The van der Waals surface area contributed by atoms with Crippen LogP contribution >= 0.6 is 11.6 Å². The highest BCUT2D eigenvalue weighted by molar-refractivity contribution is 6.31. The molecule has 0 saturated carbocycles. The van der Waals surface area contributed by atoms with E-state index >= 15 is 0 Å². The van der Waals surface area contributed by atoms with Crippen LogP contribution in [0.1, 0.15) is 17.5 Å². The molecule has 1 nitrogen and oxygen atoms in total. The quantitative estimate of drug-likeness (QED) is 0.588. The maximum atomic E-state index is 6.29. The van der Waals surface area contributed by atoms with Crippen molar-refractivity contribution in [2.24, 2.45) is 0 Å². The molecule has 0 atom stereocenters. The molecule has 94 valence electrons. The Morgan fingerprint density at radius 3 is 2.79 bits per heavy atom. The first-order valence-electron chi connectivity index (χ1n) is 6.61. The summed E-state index contributed by atoms with van der Waals surface area (Å²) in [7, 11) is 0. The molecule has 0 fully saturated rings. The van der Waals surface area contributed by atoms with Crippen LogP contribution in [0.4, 0.5) is 0 Å². The monoisotopic (exact) mass is 268 g/mol. The molecule has 0 unspecified atom stereocenters. The minimum absolute atomic E-state index is 0.917. The lowest BCUT2D eigenvalue weighted by Crippen LogP contribution is -1.89. The van der Waals surface area contributed by atoms with Gasteiger partial charge in [-0.1, -0.05) is 23.7 Å². The van der Waals surface area contributed by atoms with Crippen LogP contribution in [0.15, 0.2) is 47.1 Å². The largest absolute Gasteiger partial charge is 0.464 e. The van der Waals surface area contributed by atoms with Crippen LogP contribution < -0.4 is 0 Å².